The molecule has 160 valence electrons. The van der Waals surface area contributed by atoms with Crippen LogP contribution in [-0.2, 0) is 9.84 Å². The van der Waals surface area contributed by atoms with E-state index in [4.69, 9.17) is 0 Å². The topological polar surface area (TPSA) is 91.9 Å². The van der Waals surface area contributed by atoms with Crippen LogP contribution >= 0.6 is 0 Å². The zero-order valence-electron chi connectivity index (χ0n) is 17.9. The molecule has 0 aliphatic carbocycles. The number of aromatic nitrogens is 2. The van der Waals surface area contributed by atoms with Crippen molar-refractivity contribution in [2.75, 3.05) is 12.8 Å². The molecule has 0 radical (unpaired) electrons. The Morgan fingerprint density at radius 3 is 2.47 bits per heavy atom. The second-order valence-electron chi connectivity index (χ2n) is 8.17. The number of sulfone groups is 1. The van der Waals surface area contributed by atoms with Gasteiger partial charge in [-0.1, -0.05) is 32.9 Å². The molecule has 0 aliphatic rings. The normalized spacial score (nSPS) is 13.0. The van der Waals surface area contributed by atoms with Crippen LogP contribution in [0, 0.1) is 5.92 Å². The van der Waals surface area contributed by atoms with Gasteiger partial charge in [0.15, 0.2) is 9.84 Å². The maximum absolute atomic E-state index is 12.3. The molecule has 2 aromatic heterocycles. The number of fused-ring (bicyclic) bond motifs is 1. The van der Waals surface area contributed by atoms with E-state index in [2.05, 4.69) is 29.1 Å². The molecule has 1 atom stereocenters. The maximum Gasteiger partial charge on any atom is 0.252 e. The van der Waals surface area contributed by atoms with Crippen LogP contribution in [0.3, 0.4) is 0 Å². The molecule has 30 heavy (non-hydrogen) atoms. The molecule has 3 aromatic rings. The van der Waals surface area contributed by atoms with Gasteiger partial charge in [0.05, 0.1) is 10.5 Å². The standard InChI is InChI=1S/C23H29N3O3S/c1-5-10-24-23(27)18-12-17-13-21(26-22(17)25-14-18)20(11-15(2)3)16-6-8-19(9-7-16)30(4,28)29/h6-9,12-15,20H,5,10-11H2,1-4H3,(H,24,27)(H,25,26). The molecular weight excluding hydrogens is 398 g/mol. The van der Waals surface area contributed by atoms with Gasteiger partial charge in [-0.15, -0.1) is 0 Å². The lowest BCUT2D eigenvalue weighted by Crippen LogP contribution is -2.23. The fourth-order valence-electron chi connectivity index (χ4n) is 3.55. The van der Waals surface area contributed by atoms with Gasteiger partial charge >= 0.3 is 0 Å². The zero-order chi connectivity index (χ0) is 21.9. The first-order valence-electron chi connectivity index (χ1n) is 10.3. The van der Waals surface area contributed by atoms with Crippen molar-refractivity contribution in [3.8, 4) is 0 Å². The molecule has 0 saturated heterocycles. The first kappa shape index (κ1) is 22.0. The zero-order valence-corrected chi connectivity index (χ0v) is 18.7. The molecule has 0 aliphatic heterocycles. The van der Waals surface area contributed by atoms with E-state index in [1.807, 2.05) is 31.2 Å². The molecule has 0 saturated carbocycles. The number of rotatable bonds is 8. The highest BCUT2D eigenvalue weighted by Gasteiger charge is 2.20. The van der Waals surface area contributed by atoms with E-state index in [9.17, 15) is 13.2 Å². The van der Waals surface area contributed by atoms with Gasteiger partial charge in [0.25, 0.3) is 5.91 Å². The summed E-state index contributed by atoms with van der Waals surface area (Å²) in [5.41, 5.74) is 3.32. The summed E-state index contributed by atoms with van der Waals surface area (Å²) in [7, 11) is -3.23. The predicted molar refractivity (Wildman–Crippen MR) is 120 cm³/mol. The average Bonchev–Trinajstić information content (AvgIpc) is 3.12. The minimum absolute atomic E-state index is 0.0742. The fourth-order valence-corrected chi connectivity index (χ4v) is 4.18. The Balaban J connectivity index is 1.96. The molecule has 1 amide bonds. The second kappa shape index (κ2) is 9.00. The summed E-state index contributed by atoms with van der Waals surface area (Å²) in [5.74, 6) is 0.397. The second-order valence-corrected chi connectivity index (χ2v) is 10.2. The summed E-state index contributed by atoms with van der Waals surface area (Å²) < 4.78 is 23.6. The third-order valence-corrected chi connectivity index (χ3v) is 6.21. The summed E-state index contributed by atoms with van der Waals surface area (Å²) in [4.78, 5) is 20.4. The van der Waals surface area contributed by atoms with E-state index in [1.54, 1.807) is 18.3 Å². The summed E-state index contributed by atoms with van der Waals surface area (Å²) in [6.07, 6.45) is 4.58. The van der Waals surface area contributed by atoms with Crippen LogP contribution in [0.2, 0.25) is 0 Å². The lowest BCUT2D eigenvalue weighted by molar-refractivity contribution is 0.0953. The molecule has 7 heteroatoms. The predicted octanol–water partition coefficient (Wildman–Crippen LogP) is 4.28. The van der Waals surface area contributed by atoms with Crippen LogP contribution in [0.25, 0.3) is 11.0 Å². The first-order valence-corrected chi connectivity index (χ1v) is 12.1. The third kappa shape index (κ3) is 5.08. The molecular formula is C23H29N3O3S. The van der Waals surface area contributed by atoms with Crippen molar-refractivity contribution in [3.05, 3.63) is 59.4 Å². The molecule has 2 N–H and O–H groups in total. The number of carbonyl (C=O) groups excluding carboxylic acids is 1. The molecule has 0 fully saturated rings. The number of nitrogens with zero attached hydrogens (tertiary/aromatic N) is 1. The quantitative estimate of drug-likeness (QED) is 0.561. The summed E-state index contributed by atoms with van der Waals surface area (Å²) in [6, 6.07) is 11.0. The van der Waals surface area contributed by atoms with Gasteiger partial charge in [0.1, 0.15) is 5.65 Å². The summed E-state index contributed by atoms with van der Waals surface area (Å²) >= 11 is 0. The number of amides is 1. The number of hydrogen-bond acceptors (Lipinski definition) is 4. The van der Waals surface area contributed by atoms with Gasteiger partial charge in [-0.25, -0.2) is 13.4 Å². The largest absolute Gasteiger partial charge is 0.352 e. The molecule has 6 nitrogen and oxygen atoms in total. The fraction of sp³-hybridized carbons (Fsp3) is 0.391. The van der Waals surface area contributed by atoms with Crippen molar-refractivity contribution in [1.29, 1.82) is 0 Å². The Bertz CT molecular complexity index is 1130. The molecule has 1 unspecified atom stereocenters. The minimum atomic E-state index is -3.23. The number of nitrogens with one attached hydrogen (secondary N) is 2. The Hall–Kier alpha value is -2.67. The summed E-state index contributed by atoms with van der Waals surface area (Å²) in [5, 5.41) is 3.76. The first-order chi connectivity index (χ1) is 14.2. The molecule has 1 aromatic carbocycles. The van der Waals surface area contributed by atoms with Crippen molar-refractivity contribution in [1.82, 2.24) is 15.3 Å². The van der Waals surface area contributed by atoms with Crippen LogP contribution in [-0.4, -0.2) is 37.1 Å². The monoisotopic (exact) mass is 427 g/mol. The van der Waals surface area contributed by atoms with E-state index in [1.165, 1.54) is 6.26 Å². The van der Waals surface area contributed by atoms with Crippen molar-refractivity contribution in [2.45, 2.75) is 44.4 Å². The minimum Gasteiger partial charge on any atom is -0.352 e. The number of hydrogen-bond donors (Lipinski definition) is 2. The van der Waals surface area contributed by atoms with Crippen molar-refractivity contribution >= 4 is 26.8 Å². The highest BCUT2D eigenvalue weighted by atomic mass is 32.2. The highest BCUT2D eigenvalue weighted by molar-refractivity contribution is 7.90. The van der Waals surface area contributed by atoms with E-state index < -0.39 is 9.84 Å². The van der Waals surface area contributed by atoms with Gasteiger partial charge in [-0.2, -0.15) is 0 Å². The lowest BCUT2D eigenvalue weighted by Gasteiger charge is -2.19. The number of carbonyl (C=O) groups is 1. The van der Waals surface area contributed by atoms with Crippen LogP contribution in [0.4, 0.5) is 0 Å². The average molecular weight is 428 g/mol. The van der Waals surface area contributed by atoms with Crippen LogP contribution < -0.4 is 5.32 Å². The Kier molecular flexibility index (Phi) is 6.61. The van der Waals surface area contributed by atoms with E-state index in [0.717, 1.165) is 35.1 Å². The van der Waals surface area contributed by atoms with Crippen molar-refractivity contribution in [2.24, 2.45) is 5.92 Å². The van der Waals surface area contributed by atoms with Gasteiger partial charge < -0.3 is 10.3 Å². The molecule has 0 bridgehead atoms. The van der Waals surface area contributed by atoms with Crippen molar-refractivity contribution in [3.63, 3.8) is 0 Å². The summed E-state index contributed by atoms with van der Waals surface area (Å²) in [6.45, 7) is 6.97. The Morgan fingerprint density at radius 2 is 1.87 bits per heavy atom. The number of benzene rings is 1. The highest BCUT2D eigenvalue weighted by Crippen LogP contribution is 2.33. The number of aromatic amines is 1. The Morgan fingerprint density at radius 1 is 1.17 bits per heavy atom. The number of H-pyrrole nitrogens is 1. The Labute approximate surface area is 178 Å². The van der Waals surface area contributed by atoms with Crippen LogP contribution in [0.15, 0.2) is 47.5 Å². The molecule has 2 heterocycles. The van der Waals surface area contributed by atoms with Gasteiger partial charge in [0.2, 0.25) is 0 Å². The molecule has 0 spiro atoms. The smallest absolute Gasteiger partial charge is 0.252 e. The van der Waals surface area contributed by atoms with Gasteiger partial charge in [-0.3, -0.25) is 4.79 Å². The SMILES string of the molecule is CCCNC(=O)c1cnc2[nH]c(C(CC(C)C)c3ccc(S(C)(=O)=O)cc3)cc2c1. The maximum atomic E-state index is 12.3. The third-order valence-electron chi connectivity index (χ3n) is 5.08. The van der Waals surface area contributed by atoms with Crippen molar-refractivity contribution < 1.29 is 13.2 Å². The molecule has 3 rings (SSSR count). The number of pyridine rings is 1. The van der Waals surface area contributed by atoms with Gasteiger partial charge in [0, 0.05) is 36.0 Å². The van der Waals surface area contributed by atoms with E-state index in [-0.39, 0.29) is 11.8 Å². The van der Waals surface area contributed by atoms with E-state index in [0.29, 0.717) is 22.9 Å². The lowest BCUT2D eigenvalue weighted by atomic mass is 9.88. The van der Waals surface area contributed by atoms with Crippen LogP contribution in [0.5, 0.6) is 0 Å². The van der Waals surface area contributed by atoms with Crippen LogP contribution in [0.1, 0.15) is 61.1 Å². The van der Waals surface area contributed by atoms with Gasteiger partial charge in [-0.05, 0) is 48.6 Å². The van der Waals surface area contributed by atoms with E-state index >= 15 is 0 Å².